The Morgan fingerprint density at radius 3 is 1.96 bits per heavy atom. The first-order valence-electron chi connectivity index (χ1n) is 7.71. The second kappa shape index (κ2) is 9.05. The maximum absolute atomic E-state index is 12.0. The quantitative estimate of drug-likeness (QED) is 0.565. The largest absolute Gasteiger partial charge is 0.323 e. The first kappa shape index (κ1) is 18.0. The van der Waals surface area contributed by atoms with Gasteiger partial charge in [0.15, 0.2) is 0 Å². The van der Waals surface area contributed by atoms with Crippen LogP contribution in [0.3, 0.4) is 0 Å². The molecular weight excluding hydrogens is 326 g/mol. The molecule has 0 bridgehead atoms. The van der Waals surface area contributed by atoms with Gasteiger partial charge in [-0.3, -0.25) is 9.27 Å². The summed E-state index contributed by atoms with van der Waals surface area (Å²) in [4.78, 5) is 12.0. The average molecular weight is 347 g/mol. The van der Waals surface area contributed by atoms with Gasteiger partial charge in [0.1, 0.15) is 0 Å². The number of unbranched alkanes of at least 4 members (excludes halogenated alkanes) is 1. The van der Waals surface area contributed by atoms with Crippen molar-refractivity contribution in [3.8, 4) is 0 Å². The molecule has 0 aliphatic heterocycles. The van der Waals surface area contributed by atoms with Crippen LogP contribution in [-0.2, 0) is 17.7 Å². The molecule has 4 N–H and O–H groups in total. The van der Waals surface area contributed by atoms with Gasteiger partial charge in [-0.15, -0.1) is 0 Å². The molecule has 2 amide bonds. The van der Waals surface area contributed by atoms with Crippen LogP contribution in [0.1, 0.15) is 25.3 Å². The van der Waals surface area contributed by atoms with Crippen molar-refractivity contribution in [2.75, 3.05) is 15.4 Å². The summed E-state index contributed by atoms with van der Waals surface area (Å²) >= 11 is -2.11. The third-order valence-corrected chi connectivity index (χ3v) is 3.79. The van der Waals surface area contributed by atoms with Gasteiger partial charge in [-0.2, -0.15) is 0 Å². The molecule has 0 aliphatic rings. The van der Waals surface area contributed by atoms with E-state index in [9.17, 15) is 9.00 Å². The van der Waals surface area contributed by atoms with Crippen molar-refractivity contribution < 1.29 is 13.6 Å². The lowest BCUT2D eigenvalue weighted by Crippen LogP contribution is -2.19. The molecule has 6 nitrogen and oxygen atoms in total. The highest BCUT2D eigenvalue weighted by Crippen LogP contribution is 2.15. The van der Waals surface area contributed by atoms with Gasteiger partial charge in [0.25, 0.3) is 11.3 Å². The van der Waals surface area contributed by atoms with E-state index in [1.807, 2.05) is 24.3 Å². The van der Waals surface area contributed by atoms with Crippen LogP contribution in [0.2, 0.25) is 0 Å². The lowest BCUT2D eigenvalue weighted by molar-refractivity contribution is 0.262. The Balaban J connectivity index is 1.87. The second-order valence-electron chi connectivity index (χ2n) is 5.31. The SMILES string of the molecule is CCCCc1ccc(NC(=O)Nc2ccc(NS(=O)O)cc2)cc1. The highest BCUT2D eigenvalue weighted by molar-refractivity contribution is 7.80. The summed E-state index contributed by atoms with van der Waals surface area (Å²) in [5, 5.41) is 5.47. The van der Waals surface area contributed by atoms with Gasteiger partial charge >= 0.3 is 6.03 Å². The van der Waals surface area contributed by atoms with Crippen molar-refractivity contribution in [1.29, 1.82) is 0 Å². The Morgan fingerprint density at radius 1 is 0.958 bits per heavy atom. The molecule has 2 aromatic rings. The topological polar surface area (TPSA) is 90.5 Å². The maximum atomic E-state index is 12.0. The number of carbonyl (C=O) groups is 1. The summed E-state index contributed by atoms with van der Waals surface area (Å²) in [6.07, 6.45) is 3.36. The average Bonchev–Trinajstić information content (AvgIpc) is 2.55. The zero-order valence-corrected chi connectivity index (χ0v) is 14.2. The number of amides is 2. The summed E-state index contributed by atoms with van der Waals surface area (Å²) < 4.78 is 21.7. The van der Waals surface area contributed by atoms with E-state index >= 15 is 0 Å². The van der Waals surface area contributed by atoms with E-state index in [0.29, 0.717) is 11.4 Å². The number of carbonyl (C=O) groups excluding carboxylic acids is 1. The van der Waals surface area contributed by atoms with Gasteiger partial charge in [0.2, 0.25) is 0 Å². The molecule has 0 radical (unpaired) electrons. The van der Waals surface area contributed by atoms with E-state index in [0.717, 1.165) is 24.9 Å². The van der Waals surface area contributed by atoms with Crippen molar-refractivity contribution in [2.45, 2.75) is 26.2 Å². The Bertz CT molecular complexity index is 687. The van der Waals surface area contributed by atoms with Crippen LogP contribution in [0.4, 0.5) is 21.9 Å². The number of nitrogens with one attached hydrogen (secondary N) is 3. The molecule has 0 heterocycles. The van der Waals surface area contributed by atoms with Crippen LogP contribution in [0.15, 0.2) is 48.5 Å². The van der Waals surface area contributed by atoms with E-state index in [1.54, 1.807) is 24.3 Å². The zero-order chi connectivity index (χ0) is 17.4. The van der Waals surface area contributed by atoms with Gasteiger partial charge in [-0.1, -0.05) is 25.5 Å². The molecule has 0 spiro atoms. The molecule has 0 saturated carbocycles. The van der Waals surface area contributed by atoms with Gasteiger partial charge in [0, 0.05) is 17.1 Å². The van der Waals surface area contributed by atoms with Crippen LogP contribution < -0.4 is 15.4 Å². The van der Waals surface area contributed by atoms with Gasteiger partial charge in [0.05, 0.1) is 0 Å². The highest BCUT2D eigenvalue weighted by atomic mass is 32.2. The van der Waals surface area contributed by atoms with Crippen molar-refractivity contribution in [2.24, 2.45) is 0 Å². The third-order valence-electron chi connectivity index (χ3n) is 3.38. The predicted molar refractivity (Wildman–Crippen MR) is 98.5 cm³/mol. The molecular formula is C17H21N3O3S. The predicted octanol–water partition coefficient (Wildman–Crippen LogP) is 4.22. The highest BCUT2D eigenvalue weighted by Gasteiger charge is 2.03. The number of aryl methyl sites for hydroxylation is 1. The minimum Gasteiger partial charge on any atom is -0.308 e. The number of hydrogen-bond donors (Lipinski definition) is 4. The van der Waals surface area contributed by atoms with Crippen LogP contribution in [0.25, 0.3) is 0 Å². The summed E-state index contributed by atoms with van der Waals surface area (Å²) in [7, 11) is 0. The maximum Gasteiger partial charge on any atom is 0.323 e. The molecule has 1 unspecified atom stereocenters. The van der Waals surface area contributed by atoms with Crippen molar-refractivity contribution in [3.05, 3.63) is 54.1 Å². The van der Waals surface area contributed by atoms with Crippen LogP contribution in [0, 0.1) is 0 Å². The molecule has 1 atom stereocenters. The normalized spacial score (nSPS) is 11.6. The molecule has 24 heavy (non-hydrogen) atoms. The molecule has 2 aromatic carbocycles. The number of hydrogen-bond acceptors (Lipinski definition) is 2. The van der Waals surface area contributed by atoms with Crippen molar-refractivity contribution in [1.82, 2.24) is 0 Å². The van der Waals surface area contributed by atoms with Crippen LogP contribution in [0.5, 0.6) is 0 Å². The minimum atomic E-state index is -2.11. The lowest BCUT2D eigenvalue weighted by atomic mass is 10.1. The minimum absolute atomic E-state index is 0.345. The molecule has 2 rings (SSSR count). The Hall–Kier alpha value is -2.38. The molecule has 0 fully saturated rings. The lowest BCUT2D eigenvalue weighted by Gasteiger charge is -2.09. The number of rotatable bonds is 7. The Morgan fingerprint density at radius 2 is 1.46 bits per heavy atom. The standard InChI is InChI=1S/C17H21N3O3S/c1-2-3-4-13-5-7-14(8-6-13)18-17(21)19-15-9-11-16(12-10-15)20-24(22)23/h5-12,20H,2-4H2,1H3,(H,22,23)(H2,18,19,21). The monoisotopic (exact) mass is 347 g/mol. The molecule has 7 heteroatoms. The van der Waals surface area contributed by atoms with Crippen LogP contribution >= 0.6 is 0 Å². The van der Waals surface area contributed by atoms with Gasteiger partial charge in [-0.25, -0.2) is 9.00 Å². The van der Waals surface area contributed by atoms with Crippen LogP contribution in [-0.4, -0.2) is 14.8 Å². The summed E-state index contributed by atoms with van der Waals surface area (Å²) in [5.41, 5.74) is 3.06. The van der Waals surface area contributed by atoms with E-state index in [-0.39, 0.29) is 6.03 Å². The Kier molecular flexibility index (Phi) is 6.77. The first-order chi connectivity index (χ1) is 11.6. The number of anilines is 3. The fraction of sp³-hybridized carbons (Fsp3) is 0.235. The van der Waals surface area contributed by atoms with Crippen molar-refractivity contribution in [3.63, 3.8) is 0 Å². The fourth-order valence-corrected chi connectivity index (χ4v) is 2.49. The molecule has 0 aromatic heterocycles. The Labute approximate surface area is 144 Å². The first-order valence-corrected chi connectivity index (χ1v) is 8.82. The summed E-state index contributed by atoms with van der Waals surface area (Å²) in [5.74, 6) is 0. The summed E-state index contributed by atoms with van der Waals surface area (Å²) in [6, 6.07) is 13.9. The fourth-order valence-electron chi connectivity index (χ4n) is 2.15. The van der Waals surface area contributed by atoms with Gasteiger partial charge < -0.3 is 10.6 Å². The summed E-state index contributed by atoms with van der Waals surface area (Å²) in [6.45, 7) is 2.16. The molecule has 0 saturated heterocycles. The van der Waals surface area contributed by atoms with E-state index < -0.39 is 11.3 Å². The zero-order valence-electron chi connectivity index (χ0n) is 13.4. The number of benzene rings is 2. The van der Waals surface area contributed by atoms with E-state index in [4.69, 9.17) is 4.55 Å². The van der Waals surface area contributed by atoms with Gasteiger partial charge in [-0.05, 0) is 54.8 Å². The third kappa shape index (κ3) is 6.02. The van der Waals surface area contributed by atoms with E-state index in [1.165, 1.54) is 5.56 Å². The van der Waals surface area contributed by atoms with Crippen molar-refractivity contribution >= 4 is 34.4 Å². The number of urea groups is 1. The molecule has 0 aliphatic carbocycles. The second-order valence-corrected chi connectivity index (χ2v) is 6.01. The van der Waals surface area contributed by atoms with E-state index in [2.05, 4.69) is 22.3 Å². The molecule has 128 valence electrons. The smallest absolute Gasteiger partial charge is 0.308 e.